The van der Waals surface area contributed by atoms with Crippen LogP contribution < -0.4 is 4.90 Å². The van der Waals surface area contributed by atoms with Gasteiger partial charge < -0.3 is 9.80 Å². The van der Waals surface area contributed by atoms with Crippen LogP contribution in [0.1, 0.15) is 21.9 Å². The number of hydrogen-bond acceptors (Lipinski definition) is 4. The fourth-order valence-electron chi connectivity index (χ4n) is 2.65. The van der Waals surface area contributed by atoms with Crippen LogP contribution in [0.4, 0.5) is 10.1 Å². The zero-order valence-corrected chi connectivity index (χ0v) is 13.3. The highest BCUT2D eigenvalue weighted by atomic mass is 32.1. The molecule has 1 amide bonds. The number of hydrogen-bond donors (Lipinski definition) is 0. The average Bonchev–Trinajstić information content (AvgIpc) is 2.81. The van der Waals surface area contributed by atoms with E-state index < -0.39 is 0 Å². The summed E-state index contributed by atoms with van der Waals surface area (Å²) in [4.78, 5) is 20.8. The molecule has 0 saturated carbocycles. The van der Waals surface area contributed by atoms with Crippen molar-refractivity contribution in [2.24, 2.45) is 0 Å². The fraction of sp³-hybridized carbons (Fsp3) is 0.375. The Morgan fingerprint density at radius 2 is 1.95 bits per heavy atom. The molecule has 0 N–H and O–H groups in total. The molecule has 0 aliphatic carbocycles. The van der Waals surface area contributed by atoms with Crippen molar-refractivity contribution in [2.75, 3.05) is 31.1 Å². The summed E-state index contributed by atoms with van der Waals surface area (Å²) in [7, 11) is 0. The molecule has 0 spiro atoms. The standard InChI is InChI=1S/C16H18FN3OS/c1-12-18-15(11-22-12)16(21)20-8-2-7-19(9-10-20)14-5-3-13(17)4-6-14/h3-6,11H,2,7-10H2,1H3. The molecule has 2 aromatic rings. The van der Waals surface area contributed by atoms with Gasteiger partial charge in [-0.3, -0.25) is 4.79 Å². The molecule has 0 radical (unpaired) electrons. The lowest BCUT2D eigenvalue weighted by atomic mass is 10.2. The Balaban J connectivity index is 1.67. The average molecular weight is 319 g/mol. The highest BCUT2D eigenvalue weighted by molar-refractivity contribution is 7.09. The molecule has 1 saturated heterocycles. The minimum Gasteiger partial charge on any atom is -0.370 e. The van der Waals surface area contributed by atoms with Crippen LogP contribution in [0.3, 0.4) is 0 Å². The largest absolute Gasteiger partial charge is 0.370 e. The van der Waals surface area contributed by atoms with E-state index in [4.69, 9.17) is 0 Å². The second-order valence-corrected chi connectivity index (χ2v) is 6.42. The maximum absolute atomic E-state index is 13.0. The zero-order chi connectivity index (χ0) is 15.5. The third-order valence-electron chi connectivity index (χ3n) is 3.81. The number of aryl methyl sites for hydroxylation is 1. The Morgan fingerprint density at radius 3 is 2.64 bits per heavy atom. The number of anilines is 1. The number of halogens is 1. The first-order chi connectivity index (χ1) is 10.6. The number of carbonyl (C=O) groups is 1. The Morgan fingerprint density at radius 1 is 1.18 bits per heavy atom. The van der Waals surface area contributed by atoms with Gasteiger partial charge in [0.1, 0.15) is 11.5 Å². The highest BCUT2D eigenvalue weighted by Crippen LogP contribution is 2.18. The van der Waals surface area contributed by atoms with E-state index in [-0.39, 0.29) is 11.7 Å². The number of amides is 1. The molecule has 116 valence electrons. The first kappa shape index (κ1) is 15.0. The minimum absolute atomic E-state index is 0.00491. The van der Waals surface area contributed by atoms with Crippen LogP contribution in [0, 0.1) is 12.7 Å². The summed E-state index contributed by atoms with van der Waals surface area (Å²) in [5.41, 5.74) is 1.54. The van der Waals surface area contributed by atoms with Crippen LogP contribution in [-0.4, -0.2) is 42.0 Å². The molecule has 1 aliphatic rings. The molecule has 1 aromatic carbocycles. The molecule has 0 unspecified atom stereocenters. The normalized spacial score (nSPS) is 15.7. The SMILES string of the molecule is Cc1nc(C(=O)N2CCCN(c3ccc(F)cc3)CC2)cs1. The smallest absolute Gasteiger partial charge is 0.273 e. The van der Waals surface area contributed by atoms with Crippen molar-refractivity contribution in [3.63, 3.8) is 0 Å². The number of aromatic nitrogens is 1. The summed E-state index contributed by atoms with van der Waals surface area (Å²) < 4.78 is 13.0. The Bertz CT molecular complexity index is 656. The van der Waals surface area contributed by atoms with Gasteiger partial charge in [-0.05, 0) is 37.6 Å². The third kappa shape index (κ3) is 3.27. The lowest BCUT2D eigenvalue weighted by molar-refractivity contribution is 0.0762. The van der Waals surface area contributed by atoms with Crippen LogP contribution in [0.15, 0.2) is 29.6 Å². The van der Waals surface area contributed by atoms with Gasteiger partial charge in [-0.2, -0.15) is 0 Å². The summed E-state index contributed by atoms with van der Waals surface area (Å²) in [6, 6.07) is 6.52. The van der Waals surface area contributed by atoms with Crippen molar-refractivity contribution in [2.45, 2.75) is 13.3 Å². The Hall–Kier alpha value is -1.95. The molecule has 4 nitrogen and oxygen atoms in total. The molecular formula is C16H18FN3OS. The number of benzene rings is 1. The lowest BCUT2D eigenvalue weighted by Crippen LogP contribution is -2.35. The van der Waals surface area contributed by atoms with E-state index >= 15 is 0 Å². The monoisotopic (exact) mass is 319 g/mol. The second kappa shape index (κ2) is 6.44. The molecule has 1 fully saturated rings. The highest BCUT2D eigenvalue weighted by Gasteiger charge is 2.22. The van der Waals surface area contributed by atoms with Gasteiger partial charge in [0.25, 0.3) is 5.91 Å². The van der Waals surface area contributed by atoms with Gasteiger partial charge in [0.15, 0.2) is 0 Å². The van der Waals surface area contributed by atoms with Crippen molar-refractivity contribution in [1.29, 1.82) is 0 Å². The fourth-order valence-corrected chi connectivity index (χ4v) is 3.24. The van der Waals surface area contributed by atoms with E-state index in [1.807, 2.05) is 17.2 Å². The minimum atomic E-state index is -0.228. The Kier molecular flexibility index (Phi) is 4.38. The predicted molar refractivity (Wildman–Crippen MR) is 86.0 cm³/mol. The van der Waals surface area contributed by atoms with Crippen LogP contribution in [0.25, 0.3) is 0 Å². The molecule has 0 atom stereocenters. The molecule has 22 heavy (non-hydrogen) atoms. The van der Waals surface area contributed by atoms with E-state index in [1.165, 1.54) is 23.5 Å². The van der Waals surface area contributed by atoms with E-state index in [1.54, 1.807) is 12.1 Å². The zero-order valence-electron chi connectivity index (χ0n) is 12.5. The van der Waals surface area contributed by atoms with Crippen molar-refractivity contribution < 1.29 is 9.18 Å². The van der Waals surface area contributed by atoms with Gasteiger partial charge in [-0.25, -0.2) is 9.37 Å². The van der Waals surface area contributed by atoms with Gasteiger partial charge in [-0.15, -0.1) is 11.3 Å². The summed E-state index contributed by atoms with van der Waals surface area (Å²) in [5.74, 6) is -0.223. The molecule has 2 heterocycles. The van der Waals surface area contributed by atoms with Crippen molar-refractivity contribution in [1.82, 2.24) is 9.88 Å². The van der Waals surface area contributed by atoms with Gasteiger partial charge in [0, 0.05) is 37.2 Å². The number of carbonyl (C=O) groups excluding carboxylic acids is 1. The first-order valence-electron chi connectivity index (χ1n) is 7.35. The van der Waals surface area contributed by atoms with Gasteiger partial charge in [0.2, 0.25) is 0 Å². The van der Waals surface area contributed by atoms with Crippen LogP contribution in [0.2, 0.25) is 0 Å². The lowest BCUT2D eigenvalue weighted by Gasteiger charge is -2.23. The van der Waals surface area contributed by atoms with Gasteiger partial charge in [-0.1, -0.05) is 0 Å². The van der Waals surface area contributed by atoms with Crippen LogP contribution in [0.5, 0.6) is 0 Å². The summed E-state index contributed by atoms with van der Waals surface area (Å²) in [5, 5.41) is 2.73. The molecular weight excluding hydrogens is 301 g/mol. The van der Waals surface area contributed by atoms with E-state index in [0.717, 1.165) is 36.8 Å². The molecule has 3 rings (SSSR count). The maximum Gasteiger partial charge on any atom is 0.273 e. The summed E-state index contributed by atoms with van der Waals surface area (Å²) in [6.45, 7) is 4.91. The number of thiazole rings is 1. The molecule has 1 aromatic heterocycles. The van der Waals surface area contributed by atoms with E-state index in [2.05, 4.69) is 9.88 Å². The number of nitrogens with zero attached hydrogens (tertiary/aromatic N) is 3. The van der Waals surface area contributed by atoms with Crippen molar-refractivity contribution >= 4 is 22.9 Å². The Labute approximate surface area is 133 Å². The second-order valence-electron chi connectivity index (χ2n) is 5.36. The topological polar surface area (TPSA) is 36.4 Å². The quantitative estimate of drug-likeness (QED) is 0.854. The third-order valence-corrected chi connectivity index (χ3v) is 4.59. The molecule has 0 bridgehead atoms. The van der Waals surface area contributed by atoms with E-state index in [9.17, 15) is 9.18 Å². The van der Waals surface area contributed by atoms with Crippen LogP contribution >= 0.6 is 11.3 Å². The molecule has 1 aliphatic heterocycles. The van der Waals surface area contributed by atoms with Gasteiger partial charge >= 0.3 is 0 Å². The van der Waals surface area contributed by atoms with Crippen LogP contribution in [-0.2, 0) is 0 Å². The van der Waals surface area contributed by atoms with Crippen molar-refractivity contribution in [3.8, 4) is 0 Å². The first-order valence-corrected chi connectivity index (χ1v) is 8.23. The predicted octanol–water partition coefficient (Wildman–Crippen LogP) is 2.94. The number of rotatable bonds is 2. The summed E-state index contributed by atoms with van der Waals surface area (Å²) in [6.07, 6.45) is 0.895. The van der Waals surface area contributed by atoms with E-state index in [0.29, 0.717) is 12.2 Å². The van der Waals surface area contributed by atoms with Gasteiger partial charge in [0.05, 0.1) is 5.01 Å². The summed E-state index contributed by atoms with van der Waals surface area (Å²) >= 11 is 1.50. The maximum atomic E-state index is 13.0. The van der Waals surface area contributed by atoms with Crippen molar-refractivity contribution in [3.05, 3.63) is 46.2 Å². The molecule has 6 heteroatoms.